The van der Waals surface area contributed by atoms with Gasteiger partial charge in [-0.2, -0.15) is 0 Å². The Labute approximate surface area is 129 Å². The number of nitrogens with zero attached hydrogens (tertiary/aromatic N) is 1. The predicted molar refractivity (Wildman–Crippen MR) is 85.6 cm³/mol. The van der Waals surface area contributed by atoms with Gasteiger partial charge in [0.2, 0.25) is 5.91 Å². The van der Waals surface area contributed by atoms with Crippen LogP contribution >= 0.6 is 0 Å². The van der Waals surface area contributed by atoms with Crippen molar-refractivity contribution >= 4 is 17.5 Å². The summed E-state index contributed by atoms with van der Waals surface area (Å²) >= 11 is 0. The number of rotatable bonds is 3. The number of anilines is 1. The van der Waals surface area contributed by atoms with E-state index in [0.29, 0.717) is 12.1 Å². The first-order valence-corrected chi connectivity index (χ1v) is 7.33. The number of carbonyl (C=O) groups is 2. The van der Waals surface area contributed by atoms with Gasteiger partial charge in [-0.05, 0) is 37.1 Å². The minimum absolute atomic E-state index is 0.0805. The molecule has 0 aromatic heterocycles. The van der Waals surface area contributed by atoms with Crippen molar-refractivity contribution in [2.24, 2.45) is 0 Å². The number of benzene rings is 2. The molecule has 2 aromatic carbocycles. The molecule has 0 unspecified atom stereocenters. The Bertz CT molecular complexity index is 739. The first kappa shape index (κ1) is 14.3. The number of amides is 2. The van der Waals surface area contributed by atoms with Crippen molar-refractivity contribution in [2.75, 3.05) is 5.32 Å². The average Bonchev–Trinajstić information content (AvgIpc) is 2.86. The summed E-state index contributed by atoms with van der Waals surface area (Å²) in [6, 6.07) is 14.6. The Balaban J connectivity index is 1.75. The van der Waals surface area contributed by atoms with Crippen LogP contribution in [0.25, 0.3) is 0 Å². The molecule has 22 heavy (non-hydrogen) atoms. The molecule has 4 heteroatoms. The van der Waals surface area contributed by atoms with Gasteiger partial charge in [-0.1, -0.05) is 36.4 Å². The second kappa shape index (κ2) is 5.64. The van der Waals surface area contributed by atoms with Crippen molar-refractivity contribution in [3.05, 3.63) is 65.2 Å². The van der Waals surface area contributed by atoms with Gasteiger partial charge in [-0.3, -0.25) is 9.59 Å². The highest BCUT2D eigenvalue weighted by molar-refractivity contribution is 6.03. The van der Waals surface area contributed by atoms with E-state index in [-0.39, 0.29) is 11.8 Å². The summed E-state index contributed by atoms with van der Waals surface area (Å²) in [7, 11) is 0. The molecule has 112 valence electrons. The van der Waals surface area contributed by atoms with Crippen molar-refractivity contribution in [3.63, 3.8) is 0 Å². The van der Waals surface area contributed by atoms with E-state index in [0.717, 1.165) is 16.8 Å². The number of hydrogen-bond donors (Lipinski definition) is 1. The van der Waals surface area contributed by atoms with Crippen LogP contribution in [-0.2, 0) is 11.3 Å². The smallest absolute Gasteiger partial charge is 0.255 e. The van der Waals surface area contributed by atoms with E-state index >= 15 is 0 Å². The van der Waals surface area contributed by atoms with Crippen molar-refractivity contribution in [1.29, 1.82) is 0 Å². The predicted octanol–water partition coefficient (Wildman–Crippen LogP) is 2.98. The first-order valence-electron chi connectivity index (χ1n) is 7.33. The third kappa shape index (κ3) is 2.48. The fraction of sp³-hybridized carbons (Fsp3) is 0.222. The highest BCUT2D eigenvalue weighted by Crippen LogP contribution is 2.25. The van der Waals surface area contributed by atoms with E-state index in [4.69, 9.17) is 0 Å². The maximum Gasteiger partial charge on any atom is 0.255 e. The molecule has 0 radical (unpaired) electrons. The quantitative estimate of drug-likeness (QED) is 0.946. The molecular formula is C18H18N2O2. The highest BCUT2D eigenvalue weighted by Gasteiger charge is 2.33. The zero-order valence-electron chi connectivity index (χ0n) is 12.7. The summed E-state index contributed by atoms with van der Waals surface area (Å²) in [6.45, 7) is 4.19. The molecule has 1 atom stereocenters. The van der Waals surface area contributed by atoms with Crippen LogP contribution in [0.5, 0.6) is 0 Å². The van der Waals surface area contributed by atoms with Crippen molar-refractivity contribution in [2.45, 2.75) is 26.4 Å². The molecule has 2 aromatic rings. The van der Waals surface area contributed by atoms with E-state index in [2.05, 4.69) is 5.32 Å². The number of carbonyl (C=O) groups excluding carboxylic acids is 2. The lowest BCUT2D eigenvalue weighted by Gasteiger charge is -2.23. The van der Waals surface area contributed by atoms with Gasteiger partial charge in [0.25, 0.3) is 5.91 Å². The number of nitrogens with one attached hydrogen (secondary N) is 1. The van der Waals surface area contributed by atoms with Gasteiger partial charge in [0, 0.05) is 17.8 Å². The summed E-state index contributed by atoms with van der Waals surface area (Å²) in [5, 5.41) is 2.90. The summed E-state index contributed by atoms with van der Waals surface area (Å²) in [5.41, 5.74) is 3.45. The minimum Gasteiger partial charge on any atom is -0.324 e. The van der Waals surface area contributed by atoms with Crippen LogP contribution in [0.4, 0.5) is 5.69 Å². The van der Waals surface area contributed by atoms with Gasteiger partial charge in [-0.15, -0.1) is 0 Å². The topological polar surface area (TPSA) is 49.4 Å². The zero-order valence-corrected chi connectivity index (χ0v) is 12.7. The first-order chi connectivity index (χ1) is 10.6. The van der Waals surface area contributed by atoms with Crippen molar-refractivity contribution < 1.29 is 9.59 Å². The summed E-state index contributed by atoms with van der Waals surface area (Å²) in [6.07, 6.45) is 0. The minimum atomic E-state index is -0.514. The highest BCUT2D eigenvalue weighted by atomic mass is 16.2. The van der Waals surface area contributed by atoms with Crippen LogP contribution in [0.2, 0.25) is 0 Å². The fourth-order valence-electron chi connectivity index (χ4n) is 2.68. The molecule has 4 nitrogen and oxygen atoms in total. The Kier molecular flexibility index (Phi) is 3.67. The molecule has 0 spiro atoms. The molecule has 0 fully saturated rings. The van der Waals surface area contributed by atoms with Gasteiger partial charge in [-0.25, -0.2) is 0 Å². The van der Waals surface area contributed by atoms with Crippen molar-refractivity contribution in [3.8, 4) is 0 Å². The Morgan fingerprint density at radius 2 is 1.82 bits per heavy atom. The second-order valence-electron chi connectivity index (χ2n) is 5.57. The third-order valence-electron chi connectivity index (χ3n) is 4.10. The molecule has 0 bridgehead atoms. The average molecular weight is 294 g/mol. The van der Waals surface area contributed by atoms with Gasteiger partial charge < -0.3 is 10.2 Å². The summed E-state index contributed by atoms with van der Waals surface area (Å²) < 4.78 is 0. The number of para-hydroxylation sites is 1. The van der Waals surface area contributed by atoms with E-state index in [1.807, 2.05) is 55.5 Å². The summed E-state index contributed by atoms with van der Waals surface area (Å²) in [5.74, 6) is -0.251. The molecule has 1 aliphatic rings. The van der Waals surface area contributed by atoms with Crippen LogP contribution in [-0.4, -0.2) is 22.8 Å². The third-order valence-corrected chi connectivity index (χ3v) is 4.10. The molecule has 3 rings (SSSR count). The summed E-state index contributed by atoms with van der Waals surface area (Å²) in [4.78, 5) is 26.5. The lowest BCUT2D eigenvalue weighted by Crippen LogP contribution is -2.42. The molecule has 1 heterocycles. The van der Waals surface area contributed by atoms with E-state index in [1.165, 1.54) is 0 Å². The maximum absolute atomic E-state index is 12.4. The molecule has 0 saturated carbocycles. The van der Waals surface area contributed by atoms with Gasteiger partial charge in [0.1, 0.15) is 6.04 Å². The van der Waals surface area contributed by atoms with Crippen LogP contribution in [0, 0.1) is 6.92 Å². The standard InChI is InChI=1S/C18H18N2O2/c1-12-7-3-6-10-16(12)19-17(21)13(2)20-11-14-8-4-5-9-15(14)18(20)22/h3-10,13H,11H2,1-2H3,(H,19,21)/t13-/m1/s1. The van der Waals surface area contributed by atoms with Crippen LogP contribution < -0.4 is 5.32 Å². The Morgan fingerprint density at radius 1 is 1.14 bits per heavy atom. The monoisotopic (exact) mass is 294 g/mol. The van der Waals surface area contributed by atoms with Crippen LogP contribution in [0.1, 0.15) is 28.4 Å². The number of hydrogen-bond acceptors (Lipinski definition) is 2. The SMILES string of the molecule is Cc1ccccc1NC(=O)[C@@H](C)N1Cc2ccccc2C1=O. The molecule has 1 aliphatic heterocycles. The van der Waals surface area contributed by atoms with E-state index < -0.39 is 6.04 Å². The van der Waals surface area contributed by atoms with Crippen LogP contribution in [0.15, 0.2) is 48.5 Å². The number of aryl methyl sites for hydroxylation is 1. The Morgan fingerprint density at radius 3 is 2.55 bits per heavy atom. The van der Waals surface area contributed by atoms with E-state index in [1.54, 1.807) is 11.8 Å². The Hall–Kier alpha value is -2.62. The molecule has 0 saturated heterocycles. The van der Waals surface area contributed by atoms with Gasteiger partial charge >= 0.3 is 0 Å². The van der Waals surface area contributed by atoms with Crippen molar-refractivity contribution in [1.82, 2.24) is 4.90 Å². The zero-order chi connectivity index (χ0) is 15.7. The molecular weight excluding hydrogens is 276 g/mol. The fourth-order valence-corrected chi connectivity index (χ4v) is 2.68. The normalized spacial score (nSPS) is 14.6. The largest absolute Gasteiger partial charge is 0.324 e. The lowest BCUT2D eigenvalue weighted by atomic mass is 10.1. The molecule has 0 aliphatic carbocycles. The molecule has 1 N–H and O–H groups in total. The lowest BCUT2D eigenvalue weighted by molar-refractivity contribution is -0.120. The van der Waals surface area contributed by atoms with Gasteiger partial charge in [0.15, 0.2) is 0 Å². The maximum atomic E-state index is 12.4. The second-order valence-corrected chi connectivity index (χ2v) is 5.57. The molecule has 2 amide bonds. The number of fused-ring (bicyclic) bond motifs is 1. The van der Waals surface area contributed by atoms with Gasteiger partial charge in [0.05, 0.1) is 0 Å². The van der Waals surface area contributed by atoms with E-state index in [9.17, 15) is 9.59 Å². The van der Waals surface area contributed by atoms with Crippen LogP contribution in [0.3, 0.4) is 0 Å².